The van der Waals surface area contributed by atoms with Crippen molar-refractivity contribution >= 4 is 15.9 Å². The van der Waals surface area contributed by atoms with Gasteiger partial charge in [-0.3, -0.25) is 9.69 Å². The number of hydrogen-bond acceptors (Lipinski definition) is 4. The molecule has 1 heterocycles. The number of amides is 1. The lowest BCUT2D eigenvalue weighted by molar-refractivity contribution is -0.123. The predicted octanol–water partition coefficient (Wildman–Crippen LogP) is 1.29. The van der Waals surface area contributed by atoms with Gasteiger partial charge in [-0.1, -0.05) is 13.8 Å². The lowest BCUT2D eigenvalue weighted by atomic mass is 10.1. The van der Waals surface area contributed by atoms with Gasteiger partial charge in [0.2, 0.25) is 15.9 Å². The third-order valence-corrected chi connectivity index (χ3v) is 6.45. The Morgan fingerprint density at radius 1 is 1.12 bits per heavy atom. The van der Waals surface area contributed by atoms with Crippen LogP contribution in [0.1, 0.15) is 20.8 Å². The second-order valence-electron chi connectivity index (χ2n) is 6.73. The summed E-state index contributed by atoms with van der Waals surface area (Å²) in [5.41, 5.74) is 0. The van der Waals surface area contributed by atoms with Gasteiger partial charge in [0.25, 0.3) is 0 Å². The van der Waals surface area contributed by atoms with E-state index in [1.807, 2.05) is 25.7 Å². The zero-order valence-electron chi connectivity index (χ0n) is 14.9. The van der Waals surface area contributed by atoms with E-state index in [-0.39, 0.29) is 23.4 Å². The van der Waals surface area contributed by atoms with Crippen molar-refractivity contribution < 1.29 is 17.6 Å². The first-order valence-electron chi connectivity index (χ1n) is 8.47. The minimum atomic E-state index is -3.62. The Hall–Kier alpha value is -1.51. The van der Waals surface area contributed by atoms with Gasteiger partial charge < -0.3 is 5.32 Å². The van der Waals surface area contributed by atoms with Crippen LogP contribution in [0.25, 0.3) is 0 Å². The number of rotatable bonds is 6. The second kappa shape index (κ2) is 8.25. The summed E-state index contributed by atoms with van der Waals surface area (Å²) in [5, 5.41) is 2.95. The Labute approximate surface area is 149 Å². The number of piperazine rings is 1. The number of carbonyl (C=O) groups is 1. The van der Waals surface area contributed by atoms with Crippen molar-refractivity contribution in [2.45, 2.75) is 31.7 Å². The number of nitrogens with one attached hydrogen (secondary N) is 1. The van der Waals surface area contributed by atoms with E-state index in [4.69, 9.17) is 0 Å². The van der Waals surface area contributed by atoms with E-state index in [1.54, 1.807) is 0 Å². The summed E-state index contributed by atoms with van der Waals surface area (Å²) < 4.78 is 39.5. The standard InChI is InChI=1S/C17H26FN3O3S/c1-13(2)14(3)19-17(22)12-20-8-10-21(11-9-20)25(23,24)16-6-4-15(18)5-7-16/h4-7,13-14H,8-12H2,1-3H3,(H,19,22)/t14-/m0/s1. The normalized spacial score (nSPS) is 18.3. The van der Waals surface area contributed by atoms with E-state index < -0.39 is 15.8 Å². The molecule has 1 amide bonds. The Balaban J connectivity index is 1.89. The zero-order valence-corrected chi connectivity index (χ0v) is 15.7. The number of benzene rings is 1. The molecule has 1 aromatic rings. The van der Waals surface area contributed by atoms with Gasteiger partial charge in [0, 0.05) is 32.2 Å². The molecule has 0 bridgehead atoms. The molecule has 6 nitrogen and oxygen atoms in total. The molecule has 2 rings (SSSR count). The molecule has 0 saturated carbocycles. The lowest BCUT2D eigenvalue weighted by Gasteiger charge is -2.33. The molecule has 0 unspecified atom stereocenters. The highest BCUT2D eigenvalue weighted by atomic mass is 32.2. The minimum Gasteiger partial charge on any atom is -0.352 e. The summed E-state index contributed by atoms with van der Waals surface area (Å²) in [6, 6.07) is 4.94. The number of nitrogens with zero attached hydrogens (tertiary/aromatic N) is 2. The zero-order chi connectivity index (χ0) is 18.6. The van der Waals surface area contributed by atoms with Crippen molar-refractivity contribution in [3.63, 3.8) is 0 Å². The second-order valence-corrected chi connectivity index (χ2v) is 8.67. The number of sulfonamides is 1. The van der Waals surface area contributed by atoms with Gasteiger partial charge in [-0.05, 0) is 37.1 Å². The first kappa shape index (κ1) is 19.8. The summed E-state index contributed by atoms with van der Waals surface area (Å²) in [5.74, 6) is -0.150. The van der Waals surface area contributed by atoms with Crippen molar-refractivity contribution in [3.05, 3.63) is 30.1 Å². The smallest absolute Gasteiger partial charge is 0.243 e. The van der Waals surface area contributed by atoms with Crippen molar-refractivity contribution in [1.82, 2.24) is 14.5 Å². The topological polar surface area (TPSA) is 69.7 Å². The van der Waals surface area contributed by atoms with Gasteiger partial charge in [-0.15, -0.1) is 0 Å². The first-order chi connectivity index (χ1) is 11.7. The molecule has 1 saturated heterocycles. The first-order valence-corrected chi connectivity index (χ1v) is 9.91. The van der Waals surface area contributed by atoms with Crippen LogP contribution in [0.3, 0.4) is 0 Å². The highest BCUT2D eigenvalue weighted by Gasteiger charge is 2.29. The molecule has 1 aliphatic heterocycles. The molecule has 0 spiro atoms. The molecular formula is C17H26FN3O3S. The van der Waals surface area contributed by atoms with Crippen molar-refractivity contribution in [1.29, 1.82) is 0 Å². The molecule has 1 atom stereocenters. The van der Waals surface area contributed by atoms with Gasteiger partial charge in [0.05, 0.1) is 11.4 Å². The van der Waals surface area contributed by atoms with Crippen LogP contribution in [0.4, 0.5) is 4.39 Å². The van der Waals surface area contributed by atoms with E-state index in [2.05, 4.69) is 5.32 Å². The third-order valence-electron chi connectivity index (χ3n) is 4.54. The summed E-state index contributed by atoms with van der Waals surface area (Å²) in [6.45, 7) is 7.93. The quantitative estimate of drug-likeness (QED) is 0.818. The summed E-state index contributed by atoms with van der Waals surface area (Å²) in [7, 11) is -3.62. The van der Waals surface area contributed by atoms with Gasteiger partial charge in [-0.2, -0.15) is 4.31 Å². The largest absolute Gasteiger partial charge is 0.352 e. The molecule has 0 aliphatic carbocycles. The molecule has 0 aromatic heterocycles. The van der Waals surface area contributed by atoms with E-state index in [0.717, 1.165) is 12.1 Å². The SMILES string of the molecule is CC(C)[C@H](C)NC(=O)CN1CCN(S(=O)(=O)c2ccc(F)cc2)CC1. The lowest BCUT2D eigenvalue weighted by Crippen LogP contribution is -2.51. The maximum Gasteiger partial charge on any atom is 0.243 e. The third kappa shape index (κ3) is 5.23. The molecule has 0 radical (unpaired) electrons. The van der Waals surface area contributed by atoms with E-state index in [9.17, 15) is 17.6 Å². The summed E-state index contributed by atoms with van der Waals surface area (Å²) >= 11 is 0. The average molecular weight is 371 g/mol. The fourth-order valence-electron chi connectivity index (χ4n) is 2.55. The number of hydrogen-bond donors (Lipinski definition) is 1. The van der Waals surface area contributed by atoms with Crippen LogP contribution in [0.2, 0.25) is 0 Å². The van der Waals surface area contributed by atoms with Crippen LogP contribution in [-0.2, 0) is 14.8 Å². The van der Waals surface area contributed by atoms with Gasteiger partial charge in [-0.25, -0.2) is 12.8 Å². The molecule has 8 heteroatoms. The molecular weight excluding hydrogens is 345 g/mol. The van der Waals surface area contributed by atoms with Gasteiger partial charge >= 0.3 is 0 Å². The molecule has 1 aliphatic rings. The maximum atomic E-state index is 13.0. The Morgan fingerprint density at radius 2 is 1.68 bits per heavy atom. The van der Waals surface area contributed by atoms with E-state index >= 15 is 0 Å². The van der Waals surface area contributed by atoms with Gasteiger partial charge in [0.1, 0.15) is 5.82 Å². The Kier molecular flexibility index (Phi) is 6.53. The van der Waals surface area contributed by atoms with Crippen LogP contribution in [0, 0.1) is 11.7 Å². The Bertz CT molecular complexity index is 684. The van der Waals surface area contributed by atoms with Crippen molar-refractivity contribution in [3.8, 4) is 0 Å². The predicted molar refractivity (Wildman–Crippen MR) is 94.0 cm³/mol. The fourth-order valence-corrected chi connectivity index (χ4v) is 3.98. The van der Waals surface area contributed by atoms with Crippen molar-refractivity contribution in [2.75, 3.05) is 32.7 Å². The van der Waals surface area contributed by atoms with Crippen molar-refractivity contribution in [2.24, 2.45) is 5.92 Å². The highest BCUT2D eigenvalue weighted by Crippen LogP contribution is 2.18. The van der Waals surface area contributed by atoms with E-state index in [1.165, 1.54) is 16.4 Å². The monoisotopic (exact) mass is 371 g/mol. The fraction of sp³-hybridized carbons (Fsp3) is 0.588. The van der Waals surface area contributed by atoms with Crippen LogP contribution in [-0.4, -0.2) is 62.3 Å². The van der Waals surface area contributed by atoms with Crippen LogP contribution in [0.15, 0.2) is 29.2 Å². The van der Waals surface area contributed by atoms with E-state index in [0.29, 0.717) is 32.1 Å². The van der Waals surface area contributed by atoms with Crippen LogP contribution >= 0.6 is 0 Å². The molecule has 1 N–H and O–H groups in total. The van der Waals surface area contributed by atoms with Crippen LogP contribution in [0.5, 0.6) is 0 Å². The molecule has 140 valence electrons. The number of carbonyl (C=O) groups excluding carboxylic acids is 1. The molecule has 1 fully saturated rings. The Morgan fingerprint density at radius 3 is 2.20 bits per heavy atom. The highest BCUT2D eigenvalue weighted by molar-refractivity contribution is 7.89. The van der Waals surface area contributed by atoms with Crippen LogP contribution < -0.4 is 5.32 Å². The molecule has 1 aromatic carbocycles. The maximum absolute atomic E-state index is 13.0. The summed E-state index contributed by atoms with van der Waals surface area (Å²) in [4.78, 5) is 14.1. The number of halogens is 1. The average Bonchev–Trinajstić information content (AvgIpc) is 2.55. The summed E-state index contributed by atoms with van der Waals surface area (Å²) in [6.07, 6.45) is 0. The molecule has 25 heavy (non-hydrogen) atoms. The van der Waals surface area contributed by atoms with Gasteiger partial charge in [0.15, 0.2) is 0 Å². The minimum absolute atomic E-state index is 0.0453.